The monoisotopic (exact) mass is 230 g/mol. The summed E-state index contributed by atoms with van der Waals surface area (Å²) in [7, 11) is 1.73. The first-order valence-electron chi connectivity index (χ1n) is 6.32. The van der Waals surface area contributed by atoms with E-state index in [1.807, 2.05) is 6.92 Å². The van der Waals surface area contributed by atoms with Gasteiger partial charge in [-0.2, -0.15) is 0 Å². The smallest absolute Gasteiger partial charge is 0.0639 e. The summed E-state index contributed by atoms with van der Waals surface area (Å²) in [6.45, 7) is 7.78. The molecule has 1 heterocycles. The molecule has 1 aliphatic rings. The molecule has 1 rings (SSSR count). The van der Waals surface area contributed by atoms with Crippen LogP contribution in [0.4, 0.5) is 0 Å². The van der Waals surface area contributed by atoms with Crippen LogP contribution in [0, 0.1) is 5.92 Å². The summed E-state index contributed by atoms with van der Waals surface area (Å²) < 4.78 is 4.99. The number of nitrogens with zero attached hydrogens (tertiary/aromatic N) is 1. The Bertz CT molecular complexity index is 168. The molecule has 2 N–H and O–H groups in total. The van der Waals surface area contributed by atoms with Crippen LogP contribution in [0.5, 0.6) is 0 Å². The van der Waals surface area contributed by atoms with Gasteiger partial charge in [-0.05, 0) is 45.3 Å². The molecule has 1 fully saturated rings. The number of hydrogen-bond donors (Lipinski definition) is 2. The van der Waals surface area contributed by atoms with Crippen molar-refractivity contribution in [2.24, 2.45) is 5.92 Å². The Balaban J connectivity index is 2.03. The Morgan fingerprint density at radius 3 is 2.69 bits per heavy atom. The summed E-state index contributed by atoms with van der Waals surface area (Å²) in [6.07, 6.45) is 2.29. The van der Waals surface area contributed by atoms with E-state index in [-0.39, 0.29) is 6.10 Å². The zero-order valence-corrected chi connectivity index (χ0v) is 10.6. The van der Waals surface area contributed by atoms with Crippen molar-refractivity contribution in [2.75, 3.05) is 46.4 Å². The number of rotatable bonds is 7. The Kier molecular flexibility index (Phi) is 6.96. The Morgan fingerprint density at radius 1 is 1.44 bits per heavy atom. The van der Waals surface area contributed by atoms with Crippen LogP contribution in [-0.4, -0.2) is 62.6 Å². The highest BCUT2D eigenvalue weighted by Gasteiger charge is 2.19. The highest BCUT2D eigenvalue weighted by atomic mass is 16.5. The van der Waals surface area contributed by atoms with E-state index < -0.39 is 0 Å². The maximum atomic E-state index is 9.30. The van der Waals surface area contributed by atoms with Crippen LogP contribution < -0.4 is 5.32 Å². The molecule has 1 saturated heterocycles. The van der Waals surface area contributed by atoms with E-state index >= 15 is 0 Å². The van der Waals surface area contributed by atoms with Gasteiger partial charge in [0, 0.05) is 20.2 Å². The molecule has 0 aromatic heterocycles. The molecule has 1 aliphatic heterocycles. The molecule has 1 atom stereocenters. The number of methoxy groups -OCH3 is 1. The summed E-state index contributed by atoms with van der Waals surface area (Å²) in [5.74, 6) is 0.794. The molecule has 0 aromatic rings. The number of nitrogens with one attached hydrogen (secondary N) is 1. The van der Waals surface area contributed by atoms with Gasteiger partial charge in [0.05, 0.1) is 12.7 Å². The van der Waals surface area contributed by atoms with Crippen molar-refractivity contribution in [3.8, 4) is 0 Å². The van der Waals surface area contributed by atoms with E-state index in [0.717, 1.165) is 45.2 Å². The van der Waals surface area contributed by atoms with Crippen molar-refractivity contribution in [2.45, 2.75) is 25.9 Å². The second-order valence-corrected chi connectivity index (χ2v) is 4.79. The summed E-state index contributed by atoms with van der Waals surface area (Å²) in [5, 5.41) is 12.7. The molecular weight excluding hydrogens is 204 g/mol. The second kappa shape index (κ2) is 8.01. The Hall–Kier alpha value is -0.160. The van der Waals surface area contributed by atoms with Gasteiger partial charge in [-0.25, -0.2) is 0 Å². The standard InChI is InChI=1S/C12H26N2O2/c1-11(15)10-14-6-3-12(4-7-14)9-13-5-8-16-2/h11-13,15H,3-10H2,1-2H3/t11-/m0/s1. The normalized spacial score (nSPS) is 21.2. The molecule has 0 aliphatic carbocycles. The van der Waals surface area contributed by atoms with Gasteiger partial charge in [0.15, 0.2) is 0 Å². The first kappa shape index (κ1) is 13.9. The Morgan fingerprint density at radius 2 is 2.12 bits per heavy atom. The third-order valence-corrected chi connectivity index (χ3v) is 3.15. The summed E-state index contributed by atoms with van der Waals surface area (Å²) >= 11 is 0. The average Bonchev–Trinajstić information content (AvgIpc) is 2.26. The summed E-state index contributed by atoms with van der Waals surface area (Å²) in [5.41, 5.74) is 0. The average molecular weight is 230 g/mol. The molecule has 96 valence electrons. The van der Waals surface area contributed by atoms with Crippen LogP contribution in [0.2, 0.25) is 0 Å². The number of ether oxygens (including phenoxy) is 1. The van der Waals surface area contributed by atoms with Crippen molar-refractivity contribution in [3.63, 3.8) is 0 Å². The van der Waals surface area contributed by atoms with E-state index in [9.17, 15) is 5.11 Å². The lowest BCUT2D eigenvalue weighted by Crippen LogP contribution is -2.40. The van der Waals surface area contributed by atoms with Gasteiger partial charge in [0.2, 0.25) is 0 Å². The highest BCUT2D eigenvalue weighted by molar-refractivity contribution is 4.74. The molecule has 0 spiro atoms. The molecule has 0 radical (unpaired) electrons. The van der Waals surface area contributed by atoms with Gasteiger partial charge in [-0.3, -0.25) is 0 Å². The number of aliphatic hydroxyl groups is 1. The number of likely N-dealkylation sites (tertiary alicyclic amines) is 1. The zero-order valence-electron chi connectivity index (χ0n) is 10.6. The largest absolute Gasteiger partial charge is 0.392 e. The van der Waals surface area contributed by atoms with Crippen LogP contribution in [0.1, 0.15) is 19.8 Å². The predicted molar refractivity (Wildman–Crippen MR) is 65.6 cm³/mol. The second-order valence-electron chi connectivity index (χ2n) is 4.79. The maximum absolute atomic E-state index is 9.30. The van der Waals surface area contributed by atoms with Gasteiger partial charge >= 0.3 is 0 Å². The van der Waals surface area contributed by atoms with Crippen molar-refractivity contribution in [1.82, 2.24) is 10.2 Å². The van der Waals surface area contributed by atoms with E-state index in [0.29, 0.717) is 0 Å². The van der Waals surface area contributed by atoms with Crippen LogP contribution in [0.25, 0.3) is 0 Å². The zero-order chi connectivity index (χ0) is 11.8. The quantitative estimate of drug-likeness (QED) is 0.618. The van der Waals surface area contributed by atoms with Crippen molar-refractivity contribution >= 4 is 0 Å². The fourth-order valence-electron chi connectivity index (χ4n) is 2.23. The number of hydrogen-bond acceptors (Lipinski definition) is 4. The third kappa shape index (κ3) is 5.80. The van der Waals surface area contributed by atoms with Gasteiger partial charge in [-0.15, -0.1) is 0 Å². The van der Waals surface area contributed by atoms with E-state index in [2.05, 4.69) is 10.2 Å². The lowest BCUT2D eigenvalue weighted by molar-refractivity contribution is 0.0993. The van der Waals surface area contributed by atoms with Gasteiger partial charge in [0.25, 0.3) is 0 Å². The Labute approximate surface area is 99.0 Å². The van der Waals surface area contributed by atoms with Crippen LogP contribution >= 0.6 is 0 Å². The van der Waals surface area contributed by atoms with E-state index in [1.165, 1.54) is 12.8 Å². The van der Waals surface area contributed by atoms with Crippen LogP contribution in [0.3, 0.4) is 0 Å². The number of β-amino-alcohol motifs (C(OH)–C–C–N with tert-alkyl or cyclic N) is 1. The lowest BCUT2D eigenvalue weighted by atomic mass is 9.96. The number of piperidine rings is 1. The first-order chi connectivity index (χ1) is 7.72. The molecule has 16 heavy (non-hydrogen) atoms. The minimum absolute atomic E-state index is 0.198. The molecule has 0 saturated carbocycles. The molecule has 4 nitrogen and oxygen atoms in total. The SMILES string of the molecule is COCCNCC1CCN(C[C@H](C)O)CC1. The highest BCUT2D eigenvalue weighted by Crippen LogP contribution is 2.16. The van der Waals surface area contributed by atoms with E-state index in [4.69, 9.17) is 4.74 Å². The van der Waals surface area contributed by atoms with Crippen LogP contribution in [0.15, 0.2) is 0 Å². The molecule has 0 bridgehead atoms. The molecule has 0 unspecified atom stereocenters. The predicted octanol–water partition coefficient (Wildman–Crippen LogP) is 0.315. The lowest BCUT2D eigenvalue weighted by Gasteiger charge is -2.32. The molecule has 0 amide bonds. The summed E-state index contributed by atoms with van der Waals surface area (Å²) in [4.78, 5) is 2.36. The van der Waals surface area contributed by atoms with Crippen molar-refractivity contribution in [3.05, 3.63) is 0 Å². The van der Waals surface area contributed by atoms with Crippen LogP contribution in [-0.2, 0) is 4.74 Å². The third-order valence-electron chi connectivity index (χ3n) is 3.15. The minimum Gasteiger partial charge on any atom is -0.392 e. The molecule has 4 heteroatoms. The fourth-order valence-corrected chi connectivity index (χ4v) is 2.23. The molecular formula is C12H26N2O2. The van der Waals surface area contributed by atoms with Gasteiger partial charge in [0.1, 0.15) is 0 Å². The van der Waals surface area contributed by atoms with E-state index in [1.54, 1.807) is 7.11 Å². The topological polar surface area (TPSA) is 44.7 Å². The fraction of sp³-hybridized carbons (Fsp3) is 1.00. The van der Waals surface area contributed by atoms with Crippen molar-refractivity contribution < 1.29 is 9.84 Å². The van der Waals surface area contributed by atoms with Gasteiger partial charge < -0.3 is 20.1 Å². The maximum Gasteiger partial charge on any atom is 0.0639 e. The molecule has 0 aromatic carbocycles. The number of aliphatic hydroxyl groups excluding tert-OH is 1. The van der Waals surface area contributed by atoms with Crippen molar-refractivity contribution in [1.29, 1.82) is 0 Å². The van der Waals surface area contributed by atoms with Gasteiger partial charge in [-0.1, -0.05) is 0 Å². The first-order valence-corrected chi connectivity index (χ1v) is 6.32. The summed E-state index contributed by atoms with van der Waals surface area (Å²) in [6, 6.07) is 0. The minimum atomic E-state index is -0.198.